The van der Waals surface area contributed by atoms with E-state index in [1.54, 1.807) is 6.92 Å². The Hall–Kier alpha value is -3.28. The summed E-state index contributed by atoms with van der Waals surface area (Å²) >= 11 is 6.41. The van der Waals surface area contributed by atoms with Crippen LogP contribution in [0.5, 0.6) is 0 Å². The number of esters is 1. The van der Waals surface area contributed by atoms with Crippen molar-refractivity contribution in [1.29, 1.82) is 0 Å². The molecule has 0 radical (unpaired) electrons. The van der Waals surface area contributed by atoms with E-state index in [4.69, 9.17) is 16.3 Å². The zero-order valence-corrected chi connectivity index (χ0v) is 23.5. The quantitative estimate of drug-likeness (QED) is 0.373. The maximum absolute atomic E-state index is 14.1. The van der Waals surface area contributed by atoms with Crippen molar-refractivity contribution in [3.8, 4) is 11.1 Å². The third-order valence-corrected chi connectivity index (χ3v) is 7.95. The first-order chi connectivity index (χ1) is 19.7. The Bertz CT molecular complexity index is 1360. The van der Waals surface area contributed by atoms with Crippen molar-refractivity contribution >= 4 is 28.9 Å². The van der Waals surface area contributed by atoms with E-state index in [9.17, 15) is 23.1 Å². The van der Waals surface area contributed by atoms with Crippen molar-refractivity contribution in [1.82, 2.24) is 14.7 Å². The molecular weight excluding hydrogens is 559 g/mol. The molecule has 1 unspecified atom stereocenters. The SMILES string of the molecule is CCOC(=O)c1cnn(C2CCCN(c3cc(Cl)ccc3-c3ccc(N4CCN(CO)CC4)cc3)C2)c1C(F)(F)F. The minimum absolute atomic E-state index is 0.0304. The van der Waals surface area contributed by atoms with Gasteiger partial charge in [-0.15, -0.1) is 0 Å². The van der Waals surface area contributed by atoms with Gasteiger partial charge in [0, 0.05) is 61.2 Å². The van der Waals surface area contributed by atoms with Crippen LogP contribution in [0.2, 0.25) is 5.02 Å². The van der Waals surface area contributed by atoms with Gasteiger partial charge in [-0.1, -0.05) is 29.8 Å². The smallest absolute Gasteiger partial charge is 0.433 e. The molecule has 0 spiro atoms. The van der Waals surface area contributed by atoms with Gasteiger partial charge in [0.1, 0.15) is 5.56 Å². The minimum atomic E-state index is -4.77. The molecule has 3 aromatic rings. The predicted molar refractivity (Wildman–Crippen MR) is 151 cm³/mol. The van der Waals surface area contributed by atoms with Crippen LogP contribution in [0.15, 0.2) is 48.7 Å². The second-order valence-electron chi connectivity index (χ2n) is 10.3. The van der Waals surface area contributed by atoms with Gasteiger partial charge < -0.3 is 19.6 Å². The number of carbonyl (C=O) groups is 1. The molecule has 0 bridgehead atoms. The number of hydrogen-bond acceptors (Lipinski definition) is 7. The Labute approximate surface area is 241 Å². The van der Waals surface area contributed by atoms with Gasteiger partial charge in [-0.2, -0.15) is 18.3 Å². The molecule has 1 N–H and O–H groups in total. The van der Waals surface area contributed by atoms with Crippen molar-refractivity contribution in [2.75, 3.05) is 62.4 Å². The van der Waals surface area contributed by atoms with Gasteiger partial charge in [0.15, 0.2) is 5.69 Å². The lowest BCUT2D eigenvalue weighted by atomic mass is 9.99. The van der Waals surface area contributed by atoms with Gasteiger partial charge in [0.05, 0.1) is 25.6 Å². The normalized spacial score (nSPS) is 18.5. The monoisotopic (exact) mass is 591 g/mol. The van der Waals surface area contributed by atoms with E-state index in [0.717, 1.165) is 59.6 Å². The Morgan fingerprint density at radius 3 is 2.46 bits per heavy atom. The highest BCUT2D eigenvalue weighted by Crippen LogP contribution is 2.39. The number of aliphatic hydroxyl groups is 1. The lowest BCUT2D eigenvalue weighted by Crippen LogP contribution is -2.46. The van der Waals surface area contributed by atoms with E-state index < -0.39 is 29.4 Å². The van der Waals surface area contributed by atoms with Gasteiger partial charge in [0.25, 0.3) is 0 Å². The first kappa shape index (κ1) is 29.2. The zero-order valence-electron chi connectivity index (χ0n) is 22.8. The summed E-state index contributed by atoms with van der Waals surface area (Å²) in [6.07, 6.45) is -2.69. The van der Waals surface area contributed by atoms with Crippen LogP contribution in [0.25, 0.3) is 11.1 Å². The number of piperazine rings is 1. The van der Waals surface area contributed by atoms with Crippen LogP contribution in [-0.4, -0.2) is 78.4 Å². The summed E-state index contributed by atoms with van der Waals surface area (Å²) in [5.74, 6) is -1.03. The minimum Gasteiger partial charge on any atom is -0.462 e. The first-order valence-corrected chi connectivity index (χ1v) is 14.1. The number of anilines is 2. The van der Waals surface area contributed by atoms with Crippen molar-refractivity contribution < 1.29 is 27.8 Å². The van der Waals surface area contributed by atoms with Crippen molar-refractivity contribution in [3.05, 3.63) is 64.9 Å². The number of halogens is 4. The number of ether oxygens (including phenoxy) is 1. The average molecular weight is 592 g/mol. The molecule has 2 saturated heterocycles. The molecule has 1 aromatic heterocycles. The maximum atomic E-state index is 14.1. The van der Waals surface area contributed by atoms with Crippen molar-refractivity contribution in [2.24, 2.45) is 0 Å². The fraction of sp³-hybridized carbons (Fsp3) is 0.448. The lowest BCUT2D eigenvalue weighted by molar-refractivity contribution is -0.145. The molecule has 5 rings (SSSR count). The average Bonchev–Trinajstić information content (AvgIpc) is 3.44. The Kier molecular flexibility index (Phi) is 8.77. The summed E-state index contributed by atoms with van der Waals surface area (Å²) in [5, 5.41) is 13.9. The summed E-state index contributed by atoms with van der Waals surface area (Å²) in [6.45, 7) is 5.73. The van der Waals surface area contributed by atoms with Crippen LogP contribution in [0.1, 0.15) is 41.9 Å². The Morgan fingerprint density at radius 2 is 1.80 bits per heavy atom. The molecule has 41 heavy (non-hydrogen) atoms. The topological polar surface area (TPSA) is 74.1 Å². The first-order valence-electron chi connectivity index (χ1n) is 13.7. The number of aliphatic hydroxyl groups excluding tert-OH is 1. The number of nitrogens with zero attached hydrogens (tertiary/aromatic N) is 5. The highest BCUT2D eigenvalue weighted by atomic mass is 35.5. The summed E-state index contributed by atoms with van der Waals surface area (Å²) in [7, 11) is 0. The molecular formula is C29H33ClF3N5O3. The third kappa shape index (κ3) is 6.32. The van der Waals surface area contributed by atoms with Crippen molar-refractivity contribution in [2.45, 2.75) is 32.0 Å². The predicted octanol–water partition coefficient (Wildman–Crippen LogP) is 5.31. The molecule has 3 heterocycles. The number of alkyl halides is 3. The second kappa shape index (κ2) is 12.3. The van der Waals surface area contributed by atoms with Crippen LogP contribution in [0, 0.1) is 0 Å². The third-order valence-electron chi connectivity index (χ3n) is 7.72. The second-order valence-corrected chi connectivity index (χ2v) is 10.7. The summed E-state index contributed by atoms with van der Waals surface area (Å²) < 4.78 is 48.2. The molecule has 8 nitrogen and oxygen atoms in total. The number of rotatable bonds is 7. The fourth-order valence-corrected chi connectivity index (χ4v) is 5.83. The van der Waals surface area contributed by atoms with E-state index in [0.29, 0.717) is 24.4 Å². The molecule has 2 aliphatic rings. The largest absolute Gasteiger partial charge is 0.462 e. The van der Waals surface area contributed by atoms with E-state index in [1.165, 1.54) is 0 Å². The lowest BCUT2D eigenvalue weighted by Gasteiger charge is -2.36. The Morgan fingerprint density at radius 1 is 1.07 bits per heavy atom. The summed E-state index contributed by atoms with van der Waals surface area (Å²) in [4.78, 5) is 18.6. The van der Waals surface area contributed by atoms with Crippen LogP contribution in [0.3, 0.4) is 0 Å². The molecule has 12 heteroatoms. The highest BCUT2D eigenvalue weighted by Gasteiger charge is 2.42. The molecule has 2 aromatic carbocycles. The molecule has 0 aliphatic carbocycles. The van der Waals surface area contributed by atoms with Gasteiger partial charge in [0.2, 0.25) is 0 Å². The van der Waals surface area contributed by atoms with Crippen LogP contribution in [-0.2, 0) is 10.9 Å². The van der Waals surface area contributed by atoms with E-state index in [-0.39, 0.29) is 19.9 Å². The van der Waals surface area contributed by atoms with Crippen molar-refractivity contribution in [3.63, 3.8) is 0 Å². The molecule has 2 aliphatic heterocycles. The van der Waals surface area contributed by atoms with E-state index >= 15 is 0 Å². The van der Waals surface area contributed by atoms with Gasteiger partial charge in [-0.05, 0) is 49.6 Å². The number of hydrogen-bond donors (Lipinski definition) is 1. The number of benzene rings is 2. The number of aromatic nitrogens is 2. The Balaban J connectivity index is 1.41. The number of carbonyl (C=O) groups excluding carboxylic acids is 1. The van der Waals surface area contributed by atoms with Crippen LogP contribution in [0.4, 0.5) is 24.5 Å². The summed E-state index contributed by atoms with van der Waals surface area (Å²) in [5.41, 5.74) is 2.17. The van der Waals surface area contributed by atoms with E-state index in [1.807, 2.05) is 40.1 Å². The van der Waals surface area contributed by atoms with Gasteiger partial charge in [-0.3, -0.25) is 9.58 Å². The fourth-order valence-electron chi connectivity index (χ4n) is 5.66. The van der Waals surface area contributed by atoms with E-state index in [2.05, 4.69) is 22.1 Å². The number of piperidine rings is 1. The van der Waals surface area contributed by atoms with Gasteiger partial charge in [-0.25, -0.2) is 4.79 Å². The van der Waals surface area contributed by atoms with Crippen LogP contribution < -0.4 is 9.80 Å². The summed E-state index contributed by atoms with van der Waals surface area (Å²) in [6, 6.07) is 13.2. The molecule has 2 fully saturated rings. The molecule has 1 atom stereocenters. The standard InChI is InChI=1S/C29H33ClF3N5O3/c1-2-41-28(40)25-17-34-38(27(25)29(31,32)33)23-4-3-11-37(18-23)26-16-21(30)7-10-24(26)20-5-8-22(9-6-20)36-14-12-35(19-39)13-15-36/h5-10,16-17,23,39H,2-4,11-15,18-19H2,1H3. The maximum Gasteiger partial charge on any atom is 0.433 e. The zero-order chi connectivity index (χ0) is 29.1. The highest BCUT2D eigenvalue weighted by molar-refractivity contribution is 6.31. The molecule has 0 amide bonds. The molecule has 220 valence electrons. The van der Waals surface area contributed by atoms with Crippen LogP contribution >= 0.6 is 11.6 Å². The van der Waals surface area contributed by atoms with Gasteiger partial charge >= 0.3 is 12.1 Å². The molecule has 0 saturated carbocycles.